The molecule has 62 heavy (non-hydrogen) atoms. The average Bonchev–Trinajstić information content (AvgIpc) is 3.23. The molecule has 0 bridgehead atoms. The number of carbonyl (C=O) groups is 2. The van der Waals surface area contributed by atoms with Crippen LogP contribution in [0.4, 0.5) is 0 Å². The monoisotopic (exact) mass is 899 g/mol. The predicted octanol–water partition coefficient (Wildman–Crippen LogP) is 15.5. The summed E-state index contributed by atoms with van der Waals surface area (Å²) in [6.07, 6.45) is 50.8. The molecule has 0 heterocycles. The third-order valence-corrected chi connectivity index (χ3v) is 12.5. The summed E-state index contributed by atoms with van der Waals surface area (Å²) in [5.74, 6) is -0.795. The second kappa shape index (κ2) is 44.7. The first-order chi connectivity index (χ1) is 30.0. The Morgan fingerprint density at radius 2 is 0.871 bits per heavy atom. The minimum atomic E-state index is -4.38. The lowest BCUT2D eigenvalue weighted by molar-refractivity contribution is -0.870. The van der Waals surface area contributed by atoms with Gasteiger partial charge in [-0.15, -0.1) is 0 Å². The van der Waals surface area contributed by atoms with Gasteiger partial charge in [-0.3, -0.25) is 18.6 Å². The van der Waals surface area contributed by atoms with E-state index in [1.165, 1.54) is 161 Å². The molecule has 9 nitrogen and oxygen atoms in total. The minimum absolute atomic E-state index is 0.0321. The van der Waals surface area contributed by atoms with Crippen LogP contribution in [0.25, 0.3) is 0 Å². The molecule has 366 valence electrons. The van der Waals surface area contributed by atoms with E-state index >= 15 is 0 Å². The third-order valence-electron chi connectivity index (χ3n) is 11.5. The fourth-order valence-corrected chi connectivity index (χ4v) is 8.14. The van der Waals surface area contributed by atoms with Crippen LogP contribution >= 0.6 is 7.82 Å². The van der Waals surface area contributed by atoms with Gasteiger partial charge in [0.2, 0.25) is 0 Å². The van der Waals surface area contributed by atoms with E-state index in [2.05, 4.69) is 38.2 Å². The van der Waals surface area contributed by atoms with E-state index in [1.807, 2.05) is 21.1 Å². The molecule has 0 amide bonds. The number of hydrogen-bond acceptors (Lipinski definition) is 7. The Morgan fingerprint density at radius 3 is 1.31 bits per heavy atom. The molecule has 1 unspecified atom stereocenters. The molecule has 0 aliphatic rings. The number of carbonyl (C=O) groups excluding carboxylic acids is 2. The number of phosphoric acid groups is 1. The standard InChI is InChI=1S/C52H100NO8P/c1-6-8-10-12-14-16-18-20-22-24-25-26-27-29-30-32-34-36-38-40-42-44-51(54)58-48-50(49-60-62(56,57)59-47-46-53(3,4)5)61-52(55)45-43-41-39-37-35-33-31-28-23-21-19-17-15-13-11-9-7-2/h15,17,21,23,50H,6-14,16,18-20,22,24-49H2,1-5H3/p+1/b17-15+,23-21+/t50-/m1/s1. The third kappa shape index (κ3) is 48.0. The quantitative estimate of drug-likeness (QED) is 0.0211. The smallest absolute Gasteiger partial charge is 0.462 e. The zero-order valence-corrected chi connectivity index (χ0v) is 42.3. The summed E-state index contributed by atoms with van der Waals surface area (Å²) in [5, 5.41) is 0. The summed E-state index contributed by atoms with van der Waals surface area (Å²) in [5.41, 5.74) is 0. The van der Waals surface area contributed by atoms with Crippen LogP contribution in [0.1, 0.15) is 245 Å². The van der Waals surface area contributed by atoms with Gasteiger partial charge in [0, 0.05) is 12.8 Å². The largest absolute Gasteiger partial charge is 0.472 e. The van der Waals surface area contributed by atoms with Crippen molar-refractivity contribution in [2.45, 2.75) is 251 Å². The van der Waals surface area contributed by atoms with E-state index in [0.717, 1.165) is 51.4 Å². The van der Waals surface area contributed by atoms with Gasteiger partial charge in [0.1, 0.15) is 19.8 Å². The highest BCUT2D eigenvalue weighted by Gasteiger charge is 2.27. The van der Waals surface area contributed by atoms with Gasteiger partial charge < -0.3 is 18.9 Å². The lowest BCUT2D eigenvalue weighted by Gasteiger charge is -2.24. The maximum Gasteiger partial charge on any atom is 0.472 e. The molecule has 1 N–H and O–H groups in total. The Labute approximate surface area is 383 Å². The lowest BCUT2D eigenvalue weighted by atomic mass is 10.0. The van der Waals surface area contributed by atoms with Crippen LogP contribution in [-0.4, -0.2) is 74.9 Å². The number of hydrogen-bond donors (Lipinski definition) is 1. The molecular weight excluding hydrogens is 798 g/mol. The van der Waals surface area contributed by atoms with E-state index in [4.69, 9.17) is 18.5 Å². The summed E-state index contributed by atoms with van der Waals surface area (Å²) in [4.78, 5) is 35.5. The molecule has 0 saturated carbocycles. The predicted molar refractivity (Wildman–Crippen MR) is 261 cm³/mol. The first-order valence-corrected chi connectivity index (χ1v) is 27.6. The number of ether oxygens (including phenoxy) is 2. The van der Waals surface area contributed by atoms with E-state index in [-0.39, 0.29) is 25.6 Å². The van der Waals surface area contributed by atoms with E-state index < -0.39 is 26.5 Å². The van der Waals surface area contributed by atoms with Crippen LogP contribution in [-0.2, 0) is 32.7 Å². The summed E-state index contributed by atoms with van der Waals surface area (Å²) in [7, 11) is 1.48. The zero-order chi connectivity index (χ0) is 45.7. The Hall–Kier alpha value is -1.51. The molecule has 0 radical (unpaired) electrons. The van der Waals surface area contributed by atoms with Gasteiger partial charge in [0.25, 0.3) is 0 Å². The minimum Gasteiger partial charge on any atom is -0.462 e. The topological polar surface area (TPSA) is 108 Å². The number of nitrogens with zero attached hydrogens (tertiary/aromatic N) is 1. The van der Waals surface area contributed by atoms with Crippen molar-refractivity contribution in [2.75, 3.05) is 47.5 Å². The number of likely N-dealkylation sites (N-methyl/N-ethyl adjacent to an activating group) is 1. The summed E-state index contributed by atoms with van der Waals surface area (Å²) >= 11 is 0. The van der Waals surface area contributed by atoms with E-state index in [9.17, 15) is 19.0 Å². The van der Waals surface area contributed by atoms with E-state index in [0.29, 0.717) is 23.9 Å². The molecule has 0 fully saturated rings. The van der Waals surface area contributed by atoms with Gasteiger partial charge >= 0.3 is 19.8 Å². The fraction of sp³-hybridized carbons (Fsp3) is 0.885. The Balaban J connectivity index is 4.21. The van der Waals surface area contributed by atoms with Crippen LogP contribution in [0.3, 0.4) is 0 Å². The van der Waals surface area contributed by atoms with Crippen LogP contribution in [0.2, 0.25) is 0 Å². The molecule has 0 aromatic carbocycles. The maximum absolute atomic E-state index is 12.7. The van der Waals surface area contributed by atoms with Crippen molar-refractivity contribution >= 4 is 19.8 Å². The second-order valence-corrected chi connectivity index (χ2v) is 20.4. The number of allylic oxidation sites excluding steroid dienone is 4. The van der Waals surface area contributed by atoms with Gasteiger partial charge in [-0.1, -0.05) is 212 Å². The molecule has 0 aromatic heterocycles. The van der Waals surface area contributed by atoms with Crippen molar-refractivity contribution in [1.29, 1.82) is 0 Å². The van der Waals surface area contributed by atoms with Crippen molar-refractivity contribution in [2.24, 2.45) is 0 Å². The molecule has 10 heteroatoms. The molecule has 0 aliphatic carbocycles. The average molecular weight is 899 g/mol. The van der Waals surface area contributed by atoms with Crippen LogP contribution < -0.4 is 0 Å². The Morgan fingerprint density at radius 1 is 0.500 bits per heavy atom. The fourth-order valence-electron chi connectivity index (χ4n) is 7.40. The van der Waals surface area contributed by atoms with Crippen molar-refractivity contribution in [3.63, 3.8) is 0 Å². The molecule has 0 saturated heterocycles. The molecule has 2 atom stereocenters. The SMILES string of the molecule is CCCCC/C=C/C/C=C/CCCCCCCCCC(=O)O[C@H](COC(=O)CCCCCCCCCCCCCCCCCCCCCCC)COP(=O)(O)OCC[N+](C)(C)C. The number of quaternary nitrogens is 1. The highest BCUT2D eigenvalue weighted by molar-refractivity contribution is 7.47. The Kier molecular flexibility index (Phi) is 43.6. The first kappa shape index (κ1) is 60.5. The molecule has 0 spiro atoms. The van der Waals surface area contributed by atoms with Gasteiger partial charge in [-0.2, -0.15) is 0 Å². The number of esters is 2. The molecule has 0 aromatic rings. The summed E-state index contributed by atoms with van der Waals surface area (Å²) < 4.78 is 34.5. The molecule has 0 aliphatic heterocycles. The van der Waals surface area contributed by atoms with E-state index in [1.54, 1.807) is 0 Å². The van der Waals surface area contributed by atoms with Gasteiger partial charge in [-0.25, -0.2) is 4.57 Å². The lowest BCUT2D eigenvalue weighted by Crippen LogP contribution is -2.37. The second-order valence-electron chi connectivity index (χ2n) is 18.9. The number of unbranched alkanes of at least 4 members (excludes halogenated alkanes) is 30. The van der Waals surface area contributed by atoms with Crippen molar-refractivity contribution in [3.8, 4) is 0 Å². The van der Waals surface area contributed by atoms with Crippen LogP contribution in [0.15, 0.2) is 24.3 Å². The van der Waals surface area contributed by atoms with Crippen molar-refractivity contribution in [1.82, 2.24) is 0 Å². The highest BCUT2D eigenvalue weighted by atomic mass is 31.2. The first-order valence-electron chi connectivity index (χ1n) is 26.1. The number of phosphoric ester groups is 1. The summed E-state index contributed by atoms with van der Waals surface area (Å²) in [6, 6.07) is 0. The highest BCUT2D eigenvalue weighted by Crippen LogP contribution is 2.43. The molecular formula is C52H101NO8P+. The van der Waals surface area contributed by atoms with Crippen molar-refractivity contribution in [3.05, 3.63) is 24.3 Å². The van der Waals surface area contributed by atoms with Crippen LogP contribution in [0, 0.1) is 0 Å². The zero-order valence-electron chi connectivity index (χ0n) is 41.4. The maximum atomic E-state index is 12.7. The normalized spacial score (nSPS) is 13.6. The van der Waals surface area contributed by atoms with Gasteiger partial charge in [-0.05, 0) is 44.9 Å². The van der Waals surface area contributed by atoms with Crippen LogP contribution in [0.5, 0.6) is 0 Å². The molecule has 0 rings (SSSR count). The van der Waals surface area contributed by atoms with Gasteiger partial charge in [0.15, 0.2) is 6.10 Å². The summed E-state index contributed by atoms with van der Waals surface area (Å²) in [6.45, 7) is 4.43. The number of rotatable bonds is 48. The Bertz CT molecular complexity index is 1110. The van der Waals surface area contributed by atoms with Crippen molar-refractivity contribution < 1.29 is 42.1 Å². The van der Waals surface area contributed by atoms with Gasteiger partial charge in [0.05, 0.1) is 27.7 Å².